The van der Waals surface area contributed by atoms with Gasteiger partial charge in [0.15, 0.2) is 0 Å². The van der Waals surface area contributed by atoms with Crippen molar-refractivity contribution in [2.75, 3.05) is 17.1 Å². The van der Waals surface area contributed by atoms with Crippen LogP contribution in [0.25, 0.3) is 0 Å². The summed E-state index contributed by atoms with van der Waals surface area (Å²) in [5, 5.41) is 0. The third-order valence-corrected chi connectivity index (χ3v) is 4.02. The maximum Gasteiger partial charge on any atom is 0.262 e. The molecule has 7 heteroatoms. The highest BCUT2D eigenvalue weighted by Crippen LogP contribution is 2.20. The van der Waals surface area contributed by atoms with E-state index in [4.69, 9.17) is 10.5 Å². The number of aromatic nitrogens is 1. The van der Waals surface area contributed by atoms with E-state index in [0.717, 1.165) is 6.42 Å². The van der Waals surface area contributed by atoms with Crippen molar-refractivity contribution in [3.8, 4) is 5.75 Å². The Morgan fingerprint density at radius 1 is 1.24 bits per heavy atom. The third kappa shape index (κ3) is 4.09. The van der Waals surface area contributed by atoms with Crippen LogP contribution in [0.1, 0.15) is 13.3 Å². The van der Waals surface area contributed by atoms with Gasteiger partial charge < -0.3 is 10.5 Å². The van der Waals surface area contributed by atoms with E-state index in [2.05, 4.69) is 9.71 Å². The zero-order valence-electron chi connectivity index (χ0n) is 11.6. The SMILES string of the molecule is CCCOc1ccc(NS(=O)(=O)c2ccnc(N)c2)cc1. The summed E-state index contributed by atoms with van der Waals surface area (Å²) in [6.45, 7) is 2.64. The molecule has 0 bridgehead atoms. The number of nitrogens with one attached hydrogen (secondary N) is 1. The number of ether oxygens (including phenoxy) is 1. The second kappa shape index (κ2) is 6.45. The molecule has 0 radical (unpaired) electrons. The monoisotopic (exact) mass is 307 g/mol. The first-order valence-electron chi connectivity index (χ1n) is 6.48. The first-order valence-corrected chi connectivity index (χ1v) is 7.97. The molecule has 0 saturated carbocycles. The van der Waals surface area contributed by atoms with Crippen LogP contribution in [-0.4, -0.2) is 20.0 Å². The molecule has 0 spiro atoms. The molecule has 0 aliphatic rings. The van der Waals surface area contributed by atoms with Gasteiger partial charge in [0.2, 0.25) is 0 Å². The maximum atomic E-state index is 12.2. The van der Waals surface area contributed by atoms with Crippen molar-refractivity contribution in [2.24, 2.45) is 0 Å². The molecule has 0 aliphatic carbocycles. The molecule has 0 fully saturated rings. The Morgan fingerprint density at radius 2 is 1.95 bits per heavy atom. The van der Waals surface area contributed by atoms with Gasteiger partial charge in [0.05, 0.1) is 11.5 Å². The number of nitrogens with two attached hydrogens (primary N) is 1. The normalized spacial score (nSPS) is 11.1. The Hall–Kier alpha value is -2.28. The number of sulfonamides is 1. The van der Waals surface area contributed by atoms with E-state index in [1.807, 2.05) is 6.92 Å². The summed E-state index contributed by atoms with van der Waals surface area (Å²) in [7, 11) is -3.68. The molecule has 2 rings (SSSR count). The molecular formula is C14H17N3O3S. The smallest absolute Gasteiger partial charge is 0.262 e. The molecule has 1 aromatic carbocycles. The van der Waals surface area contributed by atoms with Gasteiger partial charge in [-0.15, -0.1) is 0 Å². The van der Waals surface area contributed by atoms with Crippen molar-refractivity contribution in [3.05, 3.63) is 42.6 Å². The molecule has 112 valence electrons. The summed E-state index contributed by atoms with van der Waals surface area (Å²) >= 11 is 0. The summed E-state index contributed by atoms with van der Waals surface area (Å²) in [4.78, 5) is 3.84. The van der Waals surface area contributed by atoms with Crippen LogP contribution in [0.3, 0.4) is 0 Å². The minimum Gasteiger partial charge on any atom is -0.494 e. The van der Waals surface area contributed by atoms with Crippen LogP contribution >= 0.6 is 0 Å². The molecule has 1 aromatic heterocycles. The first kappa shape index (κ1) is 15.1. The lowest BCUT2D eigenvalue weighted by Gasteiger charge is -2.09. The highest BCUT2D eigenvalue weighted by Gasteiger charge is 2.14. The summed E-state index contributed by atoms with van der Waals surface area (Å²) < 4.78 is 32.3. The van der Waals surface area contributed by atoms with Crippen LogP contribution in [0.15, 0.2) is 47.5 Å². The van der Waals surface area contributed by atoms with Gasteiger partial charge in [0, 0.05) is 18.0 Å². The number of hydrogen-bond acceptors (Lipinski definition) is 5. The Bertz CT molecular complexity index is 700. The molecule has 1 heterocycles. The van der Waals surface area contributed by atoms with Crippen molar-refractivity contribution < 1.29 is 13.2 Å². The lowest BCUT2D eigenvalue weighted by Crippen LogP contribution is -2.13. The van der Waals surface area contributed by atoms with E-state index in [1.165, 1.54) is 18.3 Å². The number of rotatable bonds is 6. The zero-order chi connectivity index (χ0) is 15.3. The van der Waals surface area contributed by atoms with Crippen molar-refractivity contribution >= 4 is 21.5 Å². The molecular weight excluding hydrogens is 290 g/mol. The molecule has 0 unspecified atom stereocenters. The molecule has 0 amide bonds. The summed E-state index contributed by atoms with van der Waals surface area (Å²) in [5.74, 6) is 0.856. The van der Waals surface area contributed by atoms with Crippen LogP contribution in [0.2, 0.25) is 0 Å². The fourth-order valence-corrected chi connectivity index (χ4v) is 2.73. The van der Waals surface area contributed by atoms with E-state index in [-0.39, 0.29) is 10.7 Å². The van der Waals surface area contributed by atoms with Gasteiger partial charge in [-0.25, -0.2) is 13.4 Å². The molecule has 0 saturated heterocycles. The van der Waals surface area contributed by atoms with Crippen molar-refractivity contribution in [3.63, 3.8) is 0 Å². The van der Waals surface area contributed by atoms with Gasteiger partial charge in [0.1, 0.15) is 11.6 Å². The number of anilines is 2. The zero-order valence-corrected chi connectivity index (χ0v) is 12.4. The lowest BCUT2D eigenvalue weighted by atomic mass is 10.3. The average molecular weight is 307 g/mol. The largest absolute Gasteiger partial charge is 0.494 e. The fourth-order valence-electron chi connectivity index (χ4n) is 1.65. The second-order valence-corrected chi connectivity index (χ2v) is 6.08. The standard InChI is InChI=1S/C14H17N3O3S/c1-2-9-20-12-5-3-11(4-6-12)17-21(18,19)13-7-8-16-14(15)10-13/h3-8,10,17H,2,9H2,1H3,(H2,15,16). The van der Waals surface area contributed by atoms with Crippen LogP contribution in [0.4, 0.5) is 11.5 Å². The van der Waals surface area contributed by atoms with Gasteiger partial charge in [-0.2, -0.15) is 0 Å². The van der Waals surface area contributed by atoms with E-state index in [1.54, 1.807) is 24.3 Å². The molecule has 0 aliphatic heterocycles. The van der Waals surface area contributed by atoms with E-state index < -0.39 is 10.0 Å². The lowest BCUT2D eigenvalue weighted by molar-refractivity contribution is 0.317. The fraction of sp³-hybridized carbons (Fsp3) is 0.214. The van der Waals surface area contributed by atoms with Crippen LogP contribution < -0.4 is 15.2 Å². The predicted molar refractivity (Wildman–Crippen MR) is 81.7 cm³/mol. The summed E-state index contributed by atoms with van der Waals surface area (Å²) in [6, 6.07) is 9.42. The molecule has 0 atom stereocenters. The predicted octanol–water partition coefficient (Wildman–Crippen LogP) is 2.25. The third-order valence-electron chi connectivity index (χ3n) is 2.64. The van der Waals surface area contributed by atoms with E-state index >= 15 is 0 Å². The summed E-state index contributed by atoms with van der Waals surface area (Å²) in [5.41, 5.74) is 5.95. The average Bonchev–Trinajstić information content (AvgIpc) is 2.46. The minimum absolute atomic E-state index is 0.0707. The summed E-state index contributed by atoms with van der Waals surface area (Å²) in [6.07, 6.45) is 2.27. The van der Waals surface area contributed by atoms with Gasteiger partial charge in [-0.1, -0.05) is 6.92 Å². The second-order valence-electron chi connectivity index (χ2n) is 4.39. The maximum absolute atomic E-state index is 12.2. The van der Waals surface area contributed by atoms with Gasteiger partial charge >= 0.3 is 0 Å². The van der Waals surface area contributed by atoms with Crippen molar-refractivity contribution in [1.29, 1.82) is 0 Å². The molecule has 2 aromatic rings. The Labute approximate surface area is 124 Å². The van der Waals surface area contributed by atoms with Gasteiger partial charge in [-0.05, 0) is 36.8 Å². The Kier molecular flexibility index (Phi) is 4.64. The topological polar surface area (TPSA) is 94.3 Å². The molecule has 6 nitrogen and oxygen atoms in total. The molecule has 3 N–H and O–H groups in total. The number of benzene rings is 1. The number of nitrogens with zero attached hydrogens (tertiary/aromatic N) is 1. The Balaban J connectivity index is 2.13. The van der Waals surface area contributed by atoms with Gasteiger partial charge in [0.25, 0.3) is 10.0 Å². The van der Waals surface area contributed by atoms with Crippen LogP contribution in [-0.2, 0) is 10.0 Å². The van der Waals surface area contributed by atoms with E-state index in [9.17, 15) is 8.42 Å². The number of hydrogen-bond donors (Lipinski definition) is 2. The molecule has 21 heavy (non-hydrogen) atoms. The highest BCUT2D eigenvalue weighted by atomic mass is 32.2. The first-order chi connectivity index (χ1) is 10.0. The number of pyridine rings is 1. The number of nitrogen functional groups attached to an aromatic ring is 1. The highest BCUT2D eigenvalue weighted by molar-refractivity contribution is 7.92. The van der Waals surface area contributed by atoms with Gasteiger partial charge in [-0.3, -0.25) is 4.72 Å². The van der Waals surface area contributed by atoms with Crippen molar-refractivity contribution in [1.82, 2.24) is 4.98 Å². The van der Waals surface area contributed by atoms with E-state index in [0.29, 0.717) is 18.0 Å². The Morgan fingerprint density at radius 3 is 2.57 bits per heavy atom. The van der Waals surface area contributed by atoms with Crippen LogP contribution in [0.5, 0.6) is 5.75 Å². The van der Waals surface area contributed by atoms with Crippen LogP contribution in [0, 0.1) is 0 Å². The quantitative estimate of drug-likeness (QED) is 0.853. The minimum atomic E-state index is -3.68. The van der Waals surface area contributed by atoms with Crippen molar-refractivity contribution in [2.45, 2.75) is 18.2 Å².